The summed E-state index contributed by atoms with van der Waals surface area (Å²) in [6.07, 6.45) is 7.99. The van der Waals surface area contributed by atoms with E-state index in [2.05, 4.69) is 36.5 Å². The maximum atomic E-state index is 13.9. The second-order valence-electron chi connectivity index (χ2n) is 17.8. The predicted octanol–water partition coefficient (Wildman–Crippen LogP) is 5.24. The first-order valence-electron chi connectivity index (χ1n) is 21.6. The number of rotatable bonds is 8. The molecule has 18 heteroatoms. The number of pyridine rings is 1. The van der Waals surface area contributed by atoms with Gasteiger partial charge in [0.1, 0.15) is 16.7 Å². The highest BCUT2D eigenvalue weighted by Gasteiger charge is 2.41. The molecule has 4 fully saturated rings. The van der Waals surface area contributed by atoms with Gasteiger partial charge in [-0.1, -0.05) is 17.7 Å². The third-order valence-corrected chi connectivity index (χ3v) is 16.1. The fourth-order valence-electron chi connectivity index (χ4n) is 10.3. The highest BCUT2D eigenvalue weighted by Crippen LogP contribution is 2.44. The lowest BCUT2D eigenvalue weighted by molar-refractivity contribution is -0.135. The number of hydrogen-bond acceptors (Lipinski definition) is 11. The van der Waals surface area contributed by atoms with Gasteiger partial charge >= 0.3 is 5.69 Å². The van der Waals surface area contributed by atoms with Gasteiger partial charge in [0.25, 0.3) is 5.56 Å². The van der Waals surface area contributed by atoms with E-state index in [1.165, 1.54) is 4.57 Å². The Hall–Kier alpha value is -5.10. The van der Waals surface area contributed by atoms with E-state index in [0.29, 0.717) is 47.8 Å². The maximum absolute atomic E-state index is 13.9. The van der Waals surface area contributed by atoms with Crippen LogP contribution in [0.4, 0.5) is 17.3 Å². The van der Waals surface area contributed by atoms with E-state index in [-0.39, 0.29) is 50.9 Å². The molecule has 62 heavy (non-hydrogen) atoms. The van der Waals surface area contributed by atoms with Gasteiger partial charge in [0.05, 0.1) is 21.6 Å². The number of aryl methyl sites for hydroxylation is 2. The average Bonchev–Trinajstić information content (AvgIpc) is 3.51. The minimum absolute atomic E-state index is 0.104. The highest BCUT2D eigenvalue weighted by molar-refractivity contribution is 7.89. The van der Waals surface area contributed by atoms with Crippen molar-refractivity contribution in [2.75, 3.05) is 49.5 Å². The standard InChI is InChI=1S/C44H53ClN10O6S/c1-27(2)54-39-29(25-32(45)41(54)58)26-46-42(49-39)47-33-9-8-31(24-28(33)3)62(60,61)53-18-12-30(13-19-53)51-20-14-44(15-21-51)16-22-52(23-17-44)34-6-5-7-35-38(34)50(4)43(59)55(35)36-10-11-37(56)48-40(36)57/h5-9,24-27,30,36H,10-23H2,1-4H3,(H,46,47,49)(H,48,56,57). The van der Waals surface area contributed by atoms with Crippen LogP contribution < -0.4 is 26.8 Å². The number of nitrogens with zero attached hydrogens (tertiary/aromatic N) is 8. The number of carbonyl (C=O) groups excluding carboxylic acids is 2. The Morgan fingerprint density at radius 1 is 0.919 bits per heavy atom. The Bertz CT molecular complexity index is 2830. The first-order valence-corrected chi connectivity index (χ1v) is 23.4. The van der Waals surface area contributed by atoms with Crippen LogP contribution in [-0.4, -0.2) is 98.4 Å². The fourth-order valence-corrected chi connectivity index (χ4v) is 12.0. The minimum atomic E-state index is -3.71. The Morgan fingerprint density at radius 2 is 1.63 bits per heavy atom. The van der Waals surface area contributed by atoms with Crippen LogP contribution in [0.2, 0.25) is 5.02 Å². The molecule has 0 aliphatic carbocycles. The van der Waals surface area contributed by atoms with Gasteiger partial charge in [0.15, 0.2) is 0 Å². The van der Waals surface area contributed by atoms with E-state index in [9.17, 15) is 27.6 Å². The van der Waals surface area contributed by atoms with Crippen LogP contribution >= 0.6 is 11.6 Å². The molecule has 3 aromatic heterocycles. The van der Waals surface area contributed by atoms with Gasteiger partial charge in [-0.15, -0.1) is 0 Å². The summed E-state index contributed by atoms with van der Waals surface area (Å²) in [6.45, 7) is 10.3. The number of nitrogens with one attached hydrogen (secondary N) is 2. The van der Waals surface area contributed by atoms with E-state index in [4.69, 9.17) is 11.6 Å². The van der Waals surface area contributed by atoms with Crippen molar-refractivity contribution in [3.8, 4) is 0 Å². The van der Waals surface area contributed by atoms with Gasteiger partial charge in [0.2, 0.25) is 27.8 Å². The smallest absolute Gasteiger partial charge is 0.329 e. The summed E-state index contributed by atoms with van der Waals surface area (Å²) < 4.78 is 34.2. The molecule has 0 radical (unpaired) electrons. The van der Waals surface area contributed by atoms with Crippen molar-refractivity contribution < 1.29 is 18.0 Å². The van der Waals surface area contributed by atoms with E-state index in [1.807, 2.05) is 32.9 Å². The van der Waals surface area contributed by atoms with E-state index >= 15 is 0 Å². The Kier molecular flexibility index (Phi) is 11.0. The molecule has 1 unspecified atom stereocenters. The lowest BCUT2D eigenvalue weighted by Crippen LogP contribution is -2.52. The summed E-state index contributed by atoms with van der Waals surface area (Å²) >= 11 is 6.18. The second kappa shape index (κ2) is 16.2. The van der Waals surface area contributed by atoms with Gasteiger partial charge in [-0.05, 0) is 126 Å². The Morgan fingerprint density at radius 3 is 2.31 bits per heavy atom. The lowest BCUT2D eigenvalue weighted by Gasteiger charge is -2.49. The van der Waals surface area contributed by atoms with Gasteiger partial charge in [0, 0.05) is 69.0 Å². The van der Waals surface area contributed by atoms with Crippen LogP contribution in [0, 0.1) is 12.3 Å². The molecule has 5 aromatic rings. The number of imide groups is 1. The van der Waals surface area contributed by atoms with Crippen molar-refractivity contribution in [3.63, 3.8) is 0 Å². The Labute approximate surface area is 364 Å². The number of fused-ring (bicyclic) bond motifs is 2. The number of anilines is 3. The van der Waals surface area contributed by atoms with E-state index in [1.54, 1.807) is 50.9 Å². The molecule has 7 heterocycles. The number of amides is 2. The summed E-state index contributed by atoms with van der Waals surface area (Å²) in [7, 11) is -1.95. The first-order chi connectivity index (χ1) is 29.6. The van der Waals surface area contributed by atoms with Crippen molar-refractivity contribution in [3.05, 3.63) is 80.1 Å². The maximum Gasteiger partial charge on any atom is 0.329 e. The number of hydrogen-bond donors (Lipinski definition) is 2. The number of halogens is 1. The normalized spacial score (nSPS) is 20.7. The number of sulfonamides is 1. The SMILES string of the molecule is Cc1cc(S(=O)(=O)N2CCC(N3CCC4(CCN(c5cccc6c5n(C)c(=O)n6C5CCC(=O)NC5=O)CC4)CC3)CC2)ccc1Nc1ncc2cc(Cl)c(=O)n(C(C)C)c2n1. The number of para-hydroxylation sites is 1. The summed E-state index contributed by atoms with van der Waals surface area (Å²) in [4.78, 5) is 65.1. The quantitative estimate of drug-likeness (QED) is 0.195. The van der Waals surface area contributed by atoms with Crippen molar-refractivity contribution >= 4 is 72.8 Å². The first kappa shape index (κ1) is 42.2. The molecule has 16 nitrogen and oxygen atoms in total. The minimum Gasteiger partial charge on any atom is -0.370 e. The molecule has 1 spiro atoms. The van der Waals surface area contributed by atoms with Crippen LogP contribution in [0.3, 0.4) is 0 Å². The molecule has 4 saturated heterocycles. The topological polar surface area (TPSA) is 177 Å². The van der Waals surface area contributed by atoms with Crippen molar-refractivity contribution in [2.45, 2.75) is 95.2 Å². The van der Waals surface area contributed by atoms with Crippen molar-refractivity contribution in [1.82, 2.24) is 38.2 Å². The van der Waals surface area contributed by atoms with Crippen molar-refractivity contribution in [1.29, 1.82) is 0 Å². The Balaban J connectivity index is 0.797. The molecule has 4 aliphatic rings. The van der Waals surface area contributed by atoms with Gasteiger partial charge < -0.3 is 15.1 Å². The number of carbonyl (C=O) groups is 2. The van der Waals surface area contributed by atoms with Crippen LogP contribution in [0.1, 0.15) is 82.9 Å². The third kappa shape index (κ3) is 7.49. The van der Waals surface area contributed by atoms with E-state index < -0.39 is 22.0 Å². The molecule has 328 valence electrons. The van der Waals surface area contributed by atoms with E-state index in [0.717, 1.165) is 81.5 Å². The molecule has 2 amide bonds. The van der Waals surface area contributed by atoms with Gasteiger partial charge in [-0.3, -0.25) is 33.4 Å². The zero-order valence-electron chi connectivity index (χ0n) is 35.6. The molecule has 1 atom stereocenters. The van der Waals surface area contributed by atoms with Gasteiger partial charge in [-0.25, -0.2) is 18.2 Å². The molecular weight excluding hydrogens is 832 g/mol. The van der Waals surface area contributed by atoms with Gasteiger partial charge in [-0.2, -0.15) is 9.29 Å². The second-order valence-corrected chi connectivity index (χ2v) is 20.2. The average molecular weight is 885 g/mol. The number of imidazole rings is 1. The number of likely N-dealkylation sites (tertiary alicyclic amines) is 1. The zero-order valence-corrected chi connectivity index (χ0v) is 37.1. The molecule has 0 bridgehead atoms. The largest absolute Gasteiger partial charge is 0.370 e. The summed E-state index contributed by atoms with van der Waals surface area (Å²) in [6, 6.07) is 11.9. The number of aromatic nitrogens is 5. The summed E-state index contributed by atoms with van der Waals surface area (Å²) in [5.41, 5.74) is 4.02. The molecule has 0 saturated carbocycles. The monoisotopic (exact) mass is 884 g/mol. The lowest BCUT2D eigenvalue weighted by atomic mass is 9.71. The fraction of sp³-hybridized carbons (Fsp3) is 0.500. The molecule has 9 rings (SSSR count). The molecular formula is C44H53ClN10O6S. The zero-order chi connectivity index (χ0) is 43.7. The van der Waals surface area contributed by atoms with Crippen LogP contribution in [0.25, 0.3) is 22.1 Å². The molecule has 2 N–H and O–H groups in total. The summed E-state index contributed by atoms with van der Waals surface area (Å²) in [5, 5.41) is 6.34. The molecule has 2 aromatic carbocycles. The number of piperidine rings is 4. The van der Waals surface area contributed by atoms with Crippen LogP contribution in [0.15, 0.2) is 63.1 Å². The van der Waals surface area contributed by atoms with Crippen LogP contribution in [-0.2, 0) is 26.7 Å². The predicted molar refractivity (Wildman–Crippen MR) is 239 cm³/mol. The molecule has 4 aliphatic heterocycles. The third-order valence-electron chi connectivity index (χ3n) is 13.9. The van der Waals surface area contributed by atoms with Crippen LogP contribution in [0.5, 0.6) is 0 Å². The highest BCUT2D eigenvalue weighted by atomic mass is 35.5. The summed E-state index contributed by atoms with van der Waals surface area (Å²) in [5.74, 6) is -0.455. The van der Waals surface area contributed by atoms with Crippen molar-refractivity contribution in [2.24, 2.45) is 12.5 Å². The number of benzene rings is 2.